The van der Waals surface area contributed by atoms with Crippen molar-refractivity contribution in [3.63, 3.8) is 0 Å². The van der Waals surface area contributed by atoms with E-state index >= 15 is 0 Å². The predicted octanol–water partition coefficient (Wildman–Crippen LogP) is 3.85. The van der Waals surface area contributed by atoms with E-state index in [0.717, 1.165) is 0 Å². The fourth-order valence-corrected chi connectivity index (χ4v) is 2.35. The van der Waals surface area contributed by atoms with Crippen LogP contribution in [-0.4, -0.2) is 18.5 Å². The number of ether oxygens (including phenoxy) is 1. The van der Waals surface area contributed by atoms with E-state index in [4.69, 9.17) is 27.9 Å². The van der Waals surface area contributed by atoms with Gasteiger partial charge in [0.25, 0.3) is 5.91 Å². The molecule has 0 radical (unpaired) electrons. The van der Waals surface area contributed by atoms with Crippen LogP contribution >= 0.6 is 34.5 Å². The van der Waals surface area contributed by atoms with Gasteiger partial charge in [0.1, 0.15) is 4.88 Å². The Morgan fingerprint density at radius 2 is 2.00 bits per heavy atom. The Hall–Kier alpha value is -1.56. The standard InChI is InChI=1S/C13H9Cl2NO3S/c14-8-3-1-4-9(12(8)15)16-11(17)7-19-13(18)10-5-2-6-20-10/h1-6H,7H2,(H,16,17). The van der Waals surface area contributed by atoms with Crippen LogP contribution in [0.4, 0.5) is 5.69 Å². The Morgan fingerprint density at radius 1 is 1.20 bits per heavy atom. The van der Waals surface area contributed by atoms with Gasteiger partial charge in [0, 0.05) is 0 Å². The lowest BCUT2D eigenvalue weighted by Gasteiger charge is -2.08. The molecule has 0 aliphatic rings. The quantitative estimate of drug-likeness (QED) is 0.867. The van der Waals surface area contributed by atoms with Crippen molar-refractivity contribution in [1.29, 1.82) is 0 Å². The van der Waals surface area contributed by atoms with Crippen LogP contribution in [0.3, 0.4) is 0 Å². The minimum atomic E-state index is -0.535. The number of halogens is 2. The Kier molecular flexibility index (Phi) is 5.00. The van der Waals surface area contributed by atoms with Crippen LogP contribution in [0.2, 0.25) is 10.0 Å². The van der Waals surface area contributed by atoms with Crippen LogP contribution in [0.1, 0.15) is 9.67 Å². The SMILES string of the molecule is O=C(COC(=O)c1cccs1)Nc1cccc(Cl)c1Cl. The summed E-state index contributed by atoms with van der Waals surface area (Å²) in [6.45, 7) is -0.389. The molecular formula is C13H9Cl2NO3S. The maximum Gasteiger partial charge on any atom is 0.348 e. The van der Waals surface area contributed by atoms with Gasteiger partial charge in [-0.3, -0.25) is 4.79 Å². The van der Waals surface area contributed by atoms with Crippen molar-refractivity contribution in [2.75, 3.05) is 11.9 Å². The summed E-state index contributed by atoms with van der Waals surface area (Å²) in [5.74, 6) is -1.02. The number of thiophene rings is 1. The third-order valence-corrected chi connectivity index (χ3v) is 3.95. The average Bonchev–Trinajstić information content (AvgIpc) is 2.95. The monoisotopic (exact) mass is 329 g/mol. The zero-order valence-corrected chi connectivity index (χ0v) is 12.4. The first kappa shape index (κ1) is 14.8. The first-order chi connectivity index (χ1) is 9.58. The lowest BCUT2D eigenvalue weighted by atomic mass is 10.3. The normalized spacial score (nSPS) is 10.1. The number of benzene rings is 1. The summed E-state index contributed by atoms with van der Waals surface area (Å²) in [5, 5.41) is 4.85. The number of hydrogen-bond acceptors (Lipinski definition) is 4. The number of nitrogens with one attached hydrogen (secondary N) is 1. The van der Waals surface area contributed by atoms with Gasteiger partial charge in [-0.15, -0.1) is 11.3 Å². The second-order valence-corrected chi connectivity index (χ2v) is 5.44. The number of esters is 1. The van der Waals surface area contributed by atoms with Gasteiger partial charge >= 0.3 is 5.97 Å². The van der Waals surface area contributed by atoms with Crippen molar-refractivity contribution in [3.05, 3.63) is 50.6 Å². The molecule has 1 N–H and O–H groups in total. The Morgan fingerprint density at radius 3 is 2.70 bits per heavy atom. The molecule has 0 aliphatic heterocycles. The zero-order chi connectivity index (χ0) is 14.5. The third kappa shape index (κ3) is 3.72. The van der Waals surface area contributed by atoms with Crippen molar-refractivity contribution >= 4 is 52.1 Å². The van der Waals surface area contributed by atoms with Crippen molar-refractivity contribution in [3.8, 4) is 0 Å². The Balaban J connectivity index is 1.90. The van der Waals surface area contributed by atoms with E-state index in [0.29, 0.717) is 15.6 Å². The summed E-state index contributed by atoms with van der Waals surface area (Å²) in [5.41, 5.74) is 0.372. The fourth-order valence-electron chi connectivity index (χ4n) is 1.38. The van der Waals surface area contributed by atoms with Gasteiger partial charge in [-0.25, -0.2) is 4.79 Å². The first-order valence-corrected chi connectivity index (χ1v) is 7.16. The van der Waals surface area contributed by atoms with Crippen molar-refractivity contribution in [1.82, 2.24) is 0 Å². The molecule has 1 amide bonds. The summed E-state index contributed by atoms with van der Waals surface area (Å²) < 4.78 is 4.87. The van der Waals surface area contributed by atoms with E-state index in [9.17, 15) is 9.59 Å². The van der Waals surface area contributed by atoms with Crippen LogP contribution in [-0.2, 0) is 9.53 Å². The second kappa shape index (κ2) is 6.74. The van der Waals surface area contributed by atoms with Gasteiger partial charge in [0.15, 0.2) is 6.61 Å². The summed E-state index contributed by atoms with van der Waals surface area (Å²) in [4.78, 5) is 23.7. The first-order valence-electron chi connectivity index (χ1n) is 5.52. The highest BCUT2D eigenvalue weighted by Crippen LogP contribution is 2.29. The van der Waals surface area contributed by atoms with Crippen molar-refractivity contribution in [2.45, 2.75) is 0 Å². The zero-order valence-electron chi connectivity index (χ0n) is 10.1. The summed E-state index contributed by atoms with van der Waals surface area (Å²) in [6, 6.07) is 8.22. The molecule has 1 heterocycles. The molecule has 0 unspecified atom stereocenters. The number of amides is 1. The predicted molar refractivity (Wildman–Crippen MR) is 79.7 cm³/mol. The van der Waals surface area contributed by atoms with Gasteiger partial charge in [0.2, 0.25) is 0 Å². The minimum Gasteiger partial charge on any atom is -0.451 e. The molecule has 1 aromatic carbocycles. The average molecular weight is 330 g/mol. The molecule has 1 aromatic heterocycles. The van der Waals surface area contributed by atoms with Crippen molar-refractivity contribution < 1.29 is 14.3 Å². The number of carbonyl (C=O) groups excluding carboxylic acids is 2. The van der Waals surface area contributed by atoms with Gasteiger partial charge in [0.05, 0.1) is 15.7 Å². The van der Waals surface area contributed by atoms with Gasteiger partial charge in [-0.2, -0.15) is 0 Å². The molecular weight excluding hydrogens is 321 g/mol. The number of anilines is 1. The number of hydrogen-bond donors (Lipinski definition) is 1. The van der Waals surface area contributed by atoms with Gasteiger partial charge in [-0.1, -0.05) is 35.3 Å². The third-order valence-electron chi connectivity index (χ3n) is 2.28. The second-order valence-electron chi connectivity index (χ2n) is 3.70. The topological polar surface area (TPSA) is 55.4 Å². The molecule has 2 aromatic rings. The molecule has 0 saturated carbocycles. The molecule has 0 bridgehead atoms. The molecule has 0 spiro atoms. The molecule has 0 fully saturated rings. The molecule has 2 rings (SSSR count). The Bertz CT molecular complexity index is 629. The molecule has 0 aliphatic carbocycles. The fraction of sp³-hybridized carbons (Fsp3) is 0.0769. The summed E-state index contributed by atoms with van der Waals surface area (Å²) in [7, 11) is 0. The molecule has 20 heavy (non-hydrogen) atoms. The highest BCUT2D eigenvalue weighted by Gasteiger charge is 2.12. The smallest absolute Gasteiger partial charge is 0.348 e. The molecule has 0 atom stereocenters. The highest BCUT2D eigenvalue weighted by atomic mass is 35.5. The molecule has 104 valence electrons. The minimum absolute atomic E-state index is 0.243. The van der Waals surface area contributed by atoms with E-state index in [1.807, 2.05) is 0 Å². The van der Waals surface area contributed by atoms with E-state index in [1.54, 1.807) is 35.7 Å². The van der Waals surface area contributed by atoms with Crippen LogP contribution in [0.25, 0.3) is 0 Å². The molecule has 4 nitrogen and oxygen atoms in total. The summed E-state index contributed by atoms with van der Waals surface area (Å²) >= 11 is 13.0. The number of carbonyl (C=O) groups is 2. The van der Waals surface area contributed by atoms with Crippen LogP contribution < -0.4 is 5.32 Å². The van der Waals surface area contributed by atoms with Crippen molar-refractivity contribution in [2.24, 2.45) is 0 Å². The van der Waals surface area contributed by atoms with Crippen LogP contribution in [0, 0.1) is 0 Å². The van der Waals surface area contributed by atoms with E-state index in [2.05, 4.69) is 5.32 Å². The van der Waals surface area contributed by atoms with E-state index < -0.39 is 11.9 Å². The van der Waals surface area contributed by atoms with Crippen LogP contribution in [0.15, 0.2) is 35.7 Å². The Labute approximate surface area is 129 Å². The van der Waals surface area contributed by atoms with Gasteiger partial charge in [-0.05, 0) is 23.6 Å². The highest BCUT2D eigenvalue weighted by molar-refractivity contribution is 7.11. The lowest BCUT2D eigenvalue weighted by molar-refractivity contribution is -0.119. The van der Waals surface area contributed by atoms with Gasteiger partial charge < -0.3 is 10.1 Å². The summed E-state index contributed by atoms with van der Waals surface area (Å²) in [6.07, 6.45) is 0. The number of rotatable bonds is 4. The lowest BCUT2D eigenvalue weighted by Crippen LogP contribution is -2.20. The largest absolute Gasteiger partial charge is 0.451 e. The van der Waals surface area contributed by atoms with Crippen LogP contribution in [0.5, 0.6) is 0 Å². The molecule has 7 heteroatoms. The van der Waals surface area contributed by atoms with E-state index in [-0.39, 0.29) is 11.6 Å². The van der Waals surface area contributed by atoms with E-state index in [1.165, 1.54) is 11.3 Å². The molecule has 0 saturated heterocycles. The maximum absolute atomic E-state index is 11.7. The maximum atomic E-state index is 11.7.